The molecule has 0 aromatic carbocycles. The minimum absolute atomic E-state index is 0.0857. The minimum atomic E-state index is -3.33. The molecule has 1 saturated heterocycles. The summed E-state index contributed by atoms with van der Waals surface area (Å²) in [5.74, 6) is 0. The maximum atomic E-state index is 12.3. The first-order valence-electron chi connectivity index (χ1n) is 7.70. The Hall–Kier alpha value is -0.210. The number of morpholine rings is 1. The van der Waals surface area contributed by atoms with E-state index >= 15 is 0 Å². The molecule has 20 heavy (non-hydrogen) atoms. The topological polar surface area (TPSA) is 70.7 Å². The Labute approximate surface area is 122 Å². The Kier molecular flexibility index (Phi) is 6.22. The second kappa shape index (κ2) is 7.70. The predicted molar refractivity (Wildman–Crippen MR) is 78.8 cm³/mol. The summed E-state index contributed by atoms with van der Waals surface area (Å²) >= 11 is 0. The van der Waals surface area contributed by atoms with Crippen LogP contribution in [0.1, 0.15) is 39.0 Å². The number of nitrogens with one attached hydrogen (secondary N) is 2. The van der Waals surface area contributed by atoms with Crippen molar-refractivity contribution >= 4 is 10.2 Å². The lowest BCUT2D eigenvalue weighted by atomic mass is 9.92. The first-order chi connectivity index (χ1) is 9.62. The predicted octanol–water partition coefficient (Wildman–Crippen LogP) is 0.464. The van der Waals surface area contributed by atoms with Crippen LogP contribution < -0.4 is 10.0 Å². The summed E-state index contributed by atoms with van der Waals surface area (Å²) < 4.78 is 34.1. The molecule has 0 unspecified atom stereocenters. The monoisotopic (exact) mass is 305 g/mol. The molecule has 118 valence electrons. The third-order valence-corrected chi connectivity index (χ3v) is 5.71. The Balaban J connectivity index is 1.76. The van der Waals surface area contributed by atoms with Crippen molar-refractivity contribution in [1.29, 1.82) is 0 Å². The van der Waals surface area contributed by atoms with Gasteiger partial charge in [0.15, 0.2) is 0 Å². The number of ether oxygens (including phenoxy) is 1. The van der Waals surface area contributed by atoms with Crippen molar-refractivity contribution in [2.24, 2.45) is 0 Å². The van der Waals surface area contributed by atoms with Crippen LogP contribution in [-0.4, -0.2) is 57.7 Å². The van der Waals surface area contributed by atoms with Crippen molar-refractivity contribution in [2.45, 2.75) is 51.1 Å². The summed E-state index contributed by atoms with van der Waals surface area (Å²) in [6, 6.07) is 0.640. The zero-order valence-electron chi connectivity index (χ0n) is 12.3. The molecule has 1 saturated carbocycles. The summed E-state index contributed by atoms with van der Waals surface area (Å²) in [5, 5.41) is 3.51. The number of nitrogens with zero attached hydrogens (tertiary/aromatic N) is 1. The van der Waals surface area contributed by atoms with Crippen molar-refractivity contribution < 1.29 is 13.2 Å². The molecule has 0 amide bonds. The van der Waals surface area contributed by atoms with Gasteiger partial charge in [0.2, 0.25) is 0 Å². The second-order valence-corrected chi connectivity index (χ2v) is 7.34. The molecular weight excluding hydrogens is 278 g/mol. The van der Waals surface area contributed by atoms with Gasteiger partial charge < -0.3 is 10.1 Å². The van der Waals surface area contributed by atoms with Crippen molar-refractivity contribution in [3.63, 3.8) is 0 Å². The fourth-order valence-electron chi connectivity index (χ4n) is 2.84. The molecule has 0 spiro atoms. The van der Waals surface area contributed by atoms with Gasteiger partial charge >= 0.3 is 0 Å². The third kappa shape index (κ3) is 4.66. The van der Waals surface area contributed by atoms with E-state index in [-0.39, 0.29) is 6.04 Å². The average Bonchev–Trinajstić information content (AvgIpc) is 2.47. The van der Waals surface area contributed by atoms with E-state index in [1.807, 2.05) is 0 Å². The van der Waals surface area contributed by atoms with Gasteiger partial charge in [-0.3, -0.25) is 0 Å². The van der Waals surface area contributed by atoms with Crippen LogP contribution >= 0.6 is 0 Å². The van der Waals surface area contributed by atoms with Crippen LogP contribution in [0.25, 0.3) is 0 Å². The fraction of sp³-hybridized carbons (Fsp3) is 1.00. The highest BCUT2D eigenvalue weighted by molar-refractivity contribution is 7.87. The van der Waals surface area contributed by atoms with Gasteiger partial charge in [-0.2, -0.15) is 17.4 Å². The largest absolute Gasteiger partial charge is 0.379 e. The van der Waals surface area contributed by atoms with Crippen molar-refractivity contribution in [2.75, 3.05) is 32.8 Å². The molecule has 0 bridgehead atoms. The number of hydrogen-bond acceptors (Lipinski definition) is 4. The van der Waals surface area contributed by atoms with E-state index in [1.54, 1.807) is 0 Å². The van der Waals surface area contributed by atoms with E-state index in [1.165, 1.54) is 4.31 Å². The fourth-order valence-corrected chi connectivity index (χ4v) is 4.27. The Morgan fingerprint density at radius 1 is 1.10 bits per heavy atom. The molecule has 1 heterocycles. The molecule has 0 radical (unpaired) electrons. The summed E-state index contributed by atoms with van der Waals surface area (Å²) in [7, 11) is -3.33. The molecule has 1 aliphatic heterocycles. The first kappa shape index (κ1) is 16.2. The first-order valence-corrected chi connectivity index (χ1v) is 9.14. The Morgan fingerprint density at radius 3 is 2.30 bits per heavy atom. The van der Waals surface area contributed by atoms with Crippen LogP contribution in [-0.2, 0) is 14.9 Å². The molecule has 2 rings (SSSR count). The Bertz CT molecular complexity index is 374. The lowest BCUT2D eigenvalue weighted by molar-refractivity contribution is 0.0722. The third-order valence-electron chi connectivity index (χ3n) is 4.04. The normalized spacial score (nSPS) is 29.4. The van der Waals surface area contributed by atoms with E-state index in [0.717, 1.165) is 38.6 Å². The SMILES string of the molecule is CCCNC1CCC(NS(=O)(=O)N2CCOCC2)CC1. The highest BCUT2D eigenvalue weighted by atomic mass is 32.2. The van der Waals surface area contributed by atoms with Crippen LogP contribution in [0.2, 0.25) is 0 Å². The molecule has 0 aromatic rings. The van der Waals surface area contributed by atoms with Crippen molar-refractivity contribution in [3.8, 4) is 0 Å². The standard InChI is InChI=1S/C13H27N3O3S/c1-2-7-14-12-3-5-13(6-4-12)15-20(17,18)16-8-10-19-11-9-16/h12-15H,2-11H2,1H3. The average molecular weight is 305 g/mol. The van der Waals surface area contributed by atoms with Crippen LogP contribution in [0.5, 0.6) is 0 Å². The van der Waals surface area contributed by atoms with E-state index in [9.17, 15) is 8.42 Å². The summed E-state index contributed by atoms with van der Waals surface area (Å²) in [4.78, 5) is 0. The molecule has 0 atom stereocenters. The molecule has 6 nitrogen and oxygen atoms in total. The molecule has 2 aliphatic rings. The molecule has 0 aromatic heterocycles. The minimum Gasteiger partial charge on any atom is -0.379 e. The van der Waals surface area contributed by atoms with Gasteiger partial charge in [0.1, 0.15) is 0 Å². The number of rotatable bonds is 6. The zero-order valence-corrected chi connectivity index (χ0v) is 13.1. The lowest BCUT2D eigenvalue weighted by Gasteiger charge is -2.32. The maximum Gasteiger partial charge on any atom is 0.279 e. The van der Waals surface area contributed by atoms with E-state index in [2.05, 4.69) is 17.0 Å². The molecule has 7 heteroatoms. The summed E-state index contributed by atoms with van der Waals surface area (Å²) in [6.45, 7) is 5.12. The van der Waals surface area contributed by atoms with Gasteiger partial charge in [0.05, 0.1) is 13.2 Å². The van der Waals surface area contributed by atoms with Crippen LogP contribution in [0.15, 0.2) is 0 Å². The van der Waals surface area contributed by atoms with Gasteiger partial charge in [0, 0.05) is 25.2 Å². The van der Waals surface area contributed by atoms with Gasteiger partial charge in [-0.1, -0.05) is 6.92 Å². The van der Waals surface area contributed by atoms with Gasteiger partial charge in [-0.15, -0.1) is 0 Å². The smallest absolute Gasteiger partial charge is 0.279 e. The molecule has 2 N–H and O–H groups in total. The van der Waals surface area contributed by atoms with E-state index in [4.69, 9.17) is 4.74 Å². The maximum absolute atomic E-state index is 12.3. The van der Waals surface area contributed by atoms with Crippen LogP contribution in [0.3, 0.4) is 0 Å². The highest BCUT2D eigenvalue weighted by Crippen LogP contribution is 2.20. The summed E-state index contributed by atoms with van der Waals surface area (Å²) in [5.41, 5.74) is 0. The quantitative estimate of drug-likeness (QED) is 0.748. The molecular formula is C13H27N3O3S. The van der Waals surface area contributed by atoms with Crippen LogP contribution in [0.4, 0.5) is 0 Å². The van der Waals surface area contributed by atoms with Crippen LogP contribution in [0, 0.1) is 0 Å². The Morgan fingerprint density at radius 2 is 1.70 bits per heavy atom. The van der Waals surface area contributed by atoms with Gasteiger partial charge in [0.25, 0.3) is 10.2 Å². The van der Waals surface area contributed by atoms with Crippen molar-refractivity contribution in [1.82, 2.24) is 14.3 Å². The molecule has 1 aliphatic carbocycles. The van der Waals surface area contributed by atoms with Gasteiger partial charge in [-0.05, 0) is 38.6 Å². The van der Waals surface area contributed by atoms with E-state index < -0.39 is 10.2 Å². The zero-order chi connectivity index (χ0) is 14.4. The second-order valence-electron chi connectivity index (χ2n) is 5.64. The van der Waals surface area contributed by atoms with Gasteiger partial charge in [-0.25, -0.2) is 0 Å². The number of hydrogen-bond donors (Lipinski definition) is 2. The highest BCUT2D eigenvalue weighted by Gasteiger charge is 2.29. The molecule has 2 fully saturated rings. The summed E-state index contributed by atoms with van der Waals surface area (Å²) in [6.07, 6.45) is 5.09. The van der Waals surface area contributed by atoms with Crippen molar-refractivity contribution in [3.05, 3.63) is 0 Å². The van der Waals surface area contributed by atoms with E-state index in [0.29, 0.717) is 32.3 Å². The lowest BCUT2D eigenvalue weighted by Crippen LogP contribution is -2.51.